The molecule has 57 heavy (non-hydrogen) atoms. The van der Waals surface area contributed by atoms with Gasteiger partial charge in [-0.2, -0.15) is 10.5 Å². The first-order valence-corrected chi connectivity index (χ1v) is 19.9. The molecule has 2 nitrogen and oxygen atoms in total. The van der Waals surface area contributed by atoms with Gasteiger partial charge in [-0.3, -0.25) is 0 Å². The van der Waals surface area contributed by atoms with E-state index in [1.54, 1.807) is 0 Å². The highest BCUT2D eigenvalue weighted by Gasteiger charge is 2.21. The molecule has 0 atom stereocenters. The summed E-state index contributed by atoms with van der Waals surface area (Å²) in [6.45, 7) is 0. The molecule has 0 saturated carbocycles. The predicted molar refractivity (Wildman–Crippen MR) is 241 cm³/mol. The maximum absolute atomic E-state index is 10.1. The Balaban J connectivity index is 1.12. The second-order valence-electron chi connectivity index (χ2n) is 14.5. The van der Waals surface area contributed by atoms with E-state index in [9.17, 15) is 10.5 Å². The lowest BCUT2D eigenvalue weighted by Crippen LogP contribution is -1.92. The Morgan fingerprint density at radius 1 is 0.298 bits per heavy atom. The molecule has 0 unspecified atom stereocenters. The smallest absolute Gasteiger partial charge is 0.0998 e. The summed E-state index contributed by atoms with van der Waals surface area (Å²) in [6, 6.07) is 69.1. The van der Waals surface area contributed by atoms with Crippen LogP contribution in [0.5, 0.6) is 0 Å². The van der Waals surface area contributed by atoms with Gasteiger partial charge in [0.15, 0.2) is 0 Å². The summed E-state index contributed by atoms with van der Waals surface area (Å²) in [5.41, 5.74) is 10.2. The van der Waals surface area contributed by atoms with Gasteiger partial charge in [-0.15, -0.1) is 11.3 Å². The fraction of sp³-hybridized carbons (Fsp3) is 0. The van der Waals surface area contributed by atoms with Gasteiger partial charge in [0, 0.05) is 31.3 Å². The van der Waals surface area contributed by atoms with Crippen molar-refractivity contribution in [2.45, 2.75) is 0 Å². The van der Waals surface area contributed by atoms with Gasteiger partial charge in [0.1, 0.15) is 0 Å². The number of benzene rings is 10. The topological polar surface area (TPSA) is 47.6 Å². The van der Waals surface area contributed by atoms with Gasteiger partial charge >= 0.3 is 0 Å². The molecule has 0 radical (unpaired) electrons. The van der Waals surface area contributed by atoms with E-state index in [-0.39, 0.29) is 0 Å². The lowest BCUT2D eigenvalue weighted by atomic mass is 9.84. The summed E-state index contributed by atoms with van der Waals surface area (Å²) in [4.78, 5) is 0. The third-order valence-corrected chi connectivity index (χ3v) is 12.7. The highest BCUT2D eigenvalue weighted by atomic mass is 32.1. The van der Waals surface area contributed by atoms with E-state index in [1.807, 2.05) is 47.7 Å². The molecule has 0 amide bonds. The summed E-state index contributed by atoms with van der Waals surface area (Å²) in [5, 5.41) is 31.9. The minimum Gasteiger partial charge on any atom is -0.192 e. The molecule has 0 fully saturated rings. The summed E-state index contributed by atoms with van der Waals surface area (Å²) < 4.78 is 2.49. The maximum atomic E-state index is 10.1. The largest absolute Gasteiger partial charge is 0.192 e. The molecule has 262 valence electrons. The van der Waals surface area contributed by atoms with Crippen molar-refractivity contribution in [3.05, 3.63) is 193 Å². The number of hydrogen-bond acceptors (Lipinski definition) is 3. The van der Waals surface area contributed by atoms with Crippen molar-refractivity contribution in [1.29, 1.82) is 10.5 Å². The van der Waals surface area contributed by atoms with Gasteiger partial charge in [-0.25, -0.2) is 0 Å². The average molecular weight is 739 g/mol. The molecule has 11 aromatic rings. The first-order valence-electron chi connectivity index (χ1n) is 19.0. The maximum Gasteiger partial charge on any atom is 0.0998 e. The Morgan fingerprint density at radius 2 is 0.667 bits per heavy atom. The molecule has 1 heterocycles. The van der Waals surface area contributed by atoms with E-state index >= 15 is 0 Å². The summed E-state index contributed by atoms with van der Waals surface area (Å²) >= 11 is 1.83. The molecule has 11 rings (SSSR count). The van der Waals surface area contributed by atoms with Crippen LogP contribution in [-0.4, -0.2) is 0 Å². The molecular weight excluding hydrogens is 709 g/mol. The highest BCUT2D eigenvalue weighted by Crippen LogP contribution is 2.48. The van der Waals surface area contributed by atoms with Crippen LogP contribution in [0.25, 0.3) is 108 Å². The zero-order valence-electron chi connectivity index (χ0n) is 30.6. The molecule has 0 saturated heterocycles. The van der Waals surface area contributed by atoms with Crippen molar-refractivity contribution in [2.75, 3.05) is 0 Å². The van der Waals surface area contributed by atoms with Crippen molar-refractivity contribution in [3.63, 3.8) is 0 Å². The van der Waals surface area contributed by atoms with Crippen molar-refractivity contribution in [2.24, 2.45) is 0 Å². The second kappa shape index (κ2) is 13.0. The van der Waals surface area contributed by atoms with Crippen LogP contribution in [0.1, 0.15) is 11.1 Å². The Kier molecular flexibility index (Phi) is 7.51. The van der Waals surface area contributed by atoms with Gasteiger partial charge in [0.05, 0.1) is 23.3 Å². The van der Waals surface area contributed by atoms with Crippen LogP contribution in [0.4, 0.5) is 0 Å². The van der Waals surface area contributed by atoms with Crippen molar-refractivity contribution >= 4 is 74.6 Å². The molecule has 0 aliphatic heterocycles. The fourth-order valence-electron chi connectivity index (χ4n) is 9.14. The van der Waals surface area contributed by atoms with Crippen LogP contribution < -0.4 is 0 Å². The van der Waals surface area contributed by atoms with Gasteiger partial charge in [0.2, 0.25) is 0 Å². The van der Waals surface area contributed by atoms with E-state index in [1.165, 1.54) is 64.0 Å². The first kappa shape index (κ1) is 32.8. The van der Waals surface area contributed by atoms with E-state index in [0.29, 0.717) is 11.1 Å². The Hall–Kier alpha value is -7.56. The number of fused-ring (bicyclic) bond motifs is 7. The number of hydrogen-bond donors (Lipinski definition) is 0. The van der Waals surface area contributed by atoms with Crippen molar-refractivity contribution < 1.29 is 0 Å². The molecule has 0 N–H and O–H groups in total. The van der Waals surface area contributed by atoms with Crippen LogP contribution in [0, 0.1) is 22.7 Å². The van der Waals surface area contributed by atoms with Crippen LogP contribution in [-0.2, 0) is 0 Å². The highest BCUT2D eigenvalue weighted by molar-refractivity contribution is 7.25. The molecule has 0 aliphatic rings. The standard InChI is InChI=1S/C54H30N2S/c55-31-35-13-1-3-15-37(35)53-44-21-9-5-17-40(44)51(41-18-6-10-22-45(41)53)33-26-28-49-48(29-33)39-27-25-34(30-50(39)57-49)52-42-19-7-11-23-46(42)54(47-24-12-8-20-43(47)52)38-16-4-2-14-36(38)32-56/h1-30H. The average Bonchev–Trinajstić information content (AvgIpc) is 3.64. The van der Waals surface area contributed by atoms with E-state index in [4.69, 9.17) is 0 Å². The van der Waals surface area contributed by atoms with Crippen molar-refractivity contribution in [1.82, 2.24) is 0 Å². The SMILES string of the molecule is N#Cc1ccccc1-c1c2ccccc2c(-c2ccc3c(c2)sc2ccc(-c4c5ccccc5c(-c5ccccc5C#N)c5ccccc45)cc23)c2ccccc12. The molecular formula is C54H30N2S. The van der Waals surface area contributed by atoms with Gasteiger partial charge in [-0.1, -0.05) is 152 Å². The monoisotopic (exact) mass is 738 g/mol. The molecule has 3 heteroatoms. The molecule has 0 spiro atoms. The zero-order chi connectivity index (χ0) is 38.0. The fourth-order valence-corrected chi connectivity index (χ4v) is 10.3. The van der Waals surface area contributed by atoms with E-state index < -0.39 is 0 Å². The second-order valence-corrected chi connectivity index (χ2v) is 15.6. The minimum atomic E-state index is 0.673. The third-order valence-electron chi connectivity index (χ3n) is 11.5. The Morgan fingerprint density at radius 3 is 1.11 bits per heavy atom. The van der Waals surface area contributed by atoms with E-state index in [0.717, 1.165) is 43.8 Å². The zero-order valence-corrected chi connectivity index (χ0v) is 31.4. The molecule has 1 aromatic heterocycles. The predicted octanol–water partition coefficient (Wildman–Crippen LogP) is 15.1. The molecule has 10 aromatic carbocycles. The molecule has 0 bridgehead atoms. The summed E-state index contributed by atoms with van der Waals surface area (Å²) in [5.74, 6) is 0. The Bertz CT molecular complexity index is 3440. The number of rotatable bonds is 4. The lowest BCUT2D eigenvalue weighted by Gasteiger charge is -2.18. The first-order chi connectivity index (χ1) is 28.2. The lowest BCUT2D eigenvalue weighted by molar-refractivity contribution is 1.48. The van der Waals surface area contributed by atoms with Gasteiger partial charge in [0.25, 0.3) is 0 Å². The Labute approximate surface area is 333 Å². The number of nitrogens with zero attached hydrogens (tertiary/aromatic N) is 2. The minimum absolute atomic E-state index is 0.673. The number of nitriles is 2. The number of thiophene rings is 1. The normalized spacial score (nSPS) is 11.5. The van der Waals surface area contributed by atoms with E-state index in [2.05, 4.69) is 158 Å². The van der Waals surface area contributed by atoms with Gasteiger partial charge in [-0.05, 0) is 107 Å². The van der Waals surface area contributed by atoms with Crippen LogP contribution >= 0.6 is 11.3 Å². The quantitative estimate of drug-likeness (QED) is 0.169. The van der Waals surface area contributed by atoms with Crippen LogP contribution in [0.15, 0.2) is 182 Å². The van der Waals surface area contributed by atoms with Crippen molar-refractivity contribution in [3.8, 4) is 56.6 Å². The van der Waals surface area contributed by atoms with Crippen LogP contribution in [0.2, 0.25) is 0 Å². The summed E-state index contributed by atoms with van der Waals surface area (Å²) in [7, 11) is 0. The van der Waals surface area contributed by atoms with Crippen LogP contribution in [0.3, 0.4) is 0 Å². The summed E-state index contributed by atoms with van der Waals surface area (Å²) in [6.07, 6.45) is 0. The molecule has 0 aliphatic carbocycles. The van der Waals surface area contributed by atoms with Gasteiger partial charge < -0.3 is 0 Å². The third kappa shape index (κ3) is 5.01.